The molecule has 2 N–H and O–H groups in total. The van der Waals surface area contributed by atoms with Gasteiger partial charge in [-0.15, -0.1) is 0 Å². The highest BCUT2D eigenvalue weighted by molar-refractivity contribution is 5.76. The molecule has 1 atom stereocenters. The van der Waals surface area contributed by atoms with Crippen molar-refractivity contribution in [3.8, 4) is 0 Å². The smallest absolute Gasteiger partial charge is 0.220 e. The predicted molar refractivity (Wildman–Crippen MR) is 66.0 cm³/mol. The maximum absolute atomic E-state index is 11.7. The number of hydrogen-bond acceptors (Lipinski definition) is 3. The van der Waals surface area contributed by atoms with Crippen molar-refractivity contribution >= 4 is 5.91 Å². The molecule has 3 rings (SSSR count). The van der Waals surface area contributed by atoms with Gasteiger partial charge in [0.05, 0.1) is 17.9 Å². The minimum atomic E-state index is 0.105. The minimum absolute atomic E-state index is 0.105. The molecule has 0 bridgehead atoms. The zero-order chi connectivity index (χ0) is 12.4. The molecule has 5 heteroatoms. The van der Waals surface area contributed by atoms with Crippen LogP contribution < -0.4 is 5.32 Å². The van der Waals surface area contributed by atoms with Gasteiger partial charge in [0.15, 0.2) is 0 Å². The zero-order valence-corrected chi connectivity index (χ0v) is 10.4. The first-order valence-corrected chi connectivity index (χ1v) is 6.70. The van der Waals surface area contributed by atoms with Crippen molar-refractivity contribution in [3.05, 3.63) is 17.5 Å². The molecule has 2 heterocycles. The second-order valence-corrected chi connectivity index (χ2v) is 5.30. The van der Waals surface area contributed by atoms with E-state index in [-0.39, 0.29) is 5.91 Å². The Kier molecular flexibility index (Phi) is 3.32. The lowest BCUT2D eigenvalue weighted by atomic mass is 10.1. The van der Waals surface area contributed by atoms with Crippen LogP contribution in [0.4, 0.5) is 0 Å². The van der Waals surface area contributed by atoms with Crippen molar-refractivity contribution in [2.24, 2.45) is 5.92 Å². The van der Waals surface area contributed by atoms with E-state index in [1.54, 1.807) is 0 Å². The van der Waals surface area contributed by atoms with Crippen molar-refractivity contribution in [2.45, 2.75) is 38.1 Å². The van der Waals surface area contributed by atoms with E-state index in [9.17, 15) is 4.79 Å². The summed E-state index contributed by atoms with van der Waals surface area (Å²) in [5, 5.41) is 10.2. The molecule has 1 amide bonds. The Morgan fingerprint density at radius 1 is 1.50 bits per heavy atom. The third-order valence-corrected chi connectivity index (χ3v) is 3.62. The summed E-state index contributed by atoms with van der Waals surface area (Å²) in [6.07, 6.45) is 4.07. The molecule has 98 valence electrons. The van der Waals surface area contributed by atoms with E-state index in [4.69, 9.17) is 4.74 Å². The lowest BCUT2D eigenvalue weighted by Gasteiger charge is -2.07. The highest BCUT2D eigenvalue weighted by Gasteiger charge is 2.26. The SMILES string of the molecule is O=C(C[C@H]1CCOC1)NCc1cc(C2CC2)n[nH]1. The van der Waals surface area contributed by atoms with Crippen LogP contribution in [0.5, 0.6) is 0 Å². The van der Waals surface area contributed by atoms with Crippen LogP contribution in [0, 0.1) is 5.92 Å². The molecule has 1 saturated carbocycles. The van der Waals surface area contributed by atoms with Gasteiger partial charge in [-0.3, -0.25) is 9.89 Å². The zero-order valence-electron chi connectivity index (χ0n) is 10.4. The fourth-order valence-corrected chi connectivity index (χ4v) is 2.33. The molecule has 2 aliphatic rings. The standard InChI is InChI=1S/C13H19N3O2/c17-13(5-9-3-4-18-8-9)14-7-11-6-12(16-15-11)10-1-2-10/h6,9-10H,1-5,7-8H2,(H,14,17)(H,15,16)/t9-/m1/s1. The number of aromatic amines is 1. The molecule has 18 heavy (non-hydrogen) atoms. The van der Waals surface area contributed by atoms with Gasteiger partial charge in [0.25, 0.3) is 0 Å². The van der Waals surface area contributed by atoms with Crippen LogP contribution in [0.25, 0.3) is 0 Å². The molecule has 0 radical (unpaired) electrons. The van der Waals surface area contributed by atoms with Gasteiger partial charge in [0, 0.05) is 25.6 Å². The lowest BCUT2D eigenvalue weighted by molar-refractivity contribution is -0.122. The minimum Gasteiger partial charge on any atom is -0.381 e. The molecule has 0 spiro atoms. The number of nitrogens with zero attached hydrogens (tertiary/aromatic N) is 1. The molecule has 1 aliphatic carbocycles. The Labute approximate surface area is 106 Å². The number of aromatic nitrogens is 2. The fraction of sp³-hybridized carbons (Fsp3) is 0.692. The molecule has 5 nitrogen and oxygen atoms in total. The fourth-order valence-electron chi connectivity index (χ4n) is 2.33. The Bertz CT molecular complexity index is 420. The number of nitrogens with one attached hydrogen (secondary N) is 2. The van der Waals surface area contributed by atoms with Crippen LogP contribution >= 0.6 is 0 Å². The van der Waals surface area contributed by atoms with E-state index in [0.717, 1.165) is 31.0 Å². The van der Waals surface area contributed by atoms with Gasteiger partial charge < -0.3 is 10.1 Å². The van der Waals surface area contributed by atoms with E-state index in [1.165, 1.54) is 12.8 Å². The van der Waals surface area contributed by atoms with Crippen LogP contribution in [-0.4, -0.2) is 29.3 Å². The van der Waals surface area contributed by atoms with Gasteiger partial charge in [0.1, 0.15) is 0 Å². The summed E-state index contributed by atoms with van der Waals surface area (Å²) in [6, 6.07) is 2.07. The molecular formula is C13H19N3O2. The van der Waals surface area contributed by atoms with Crippen LogP contribution in [0.15, 0.2) is 6.07 Å². The molecule has 1 aliphatic heterocycles. The molecule has 0 aromatic carbocycles. The maximum atomic E-state index is 11.7. The first kappa shape index (κ1) is 11.7. The number of ether oxygens (including phenoxy) is 1. The van der Waals surface area contributed by atoms with Crippen molar-refractivity contribution in [1.29, 1.82) is 0 Å². The number of carbonyl (C=O) groups excluding carboxylic acids is 1. The van der Waals surface area contributed by atoms with Gasteiger partial charge in [-0.1, -0.05) is 0 Å². The second-order valence-electron chi connectivity index (χ2n) is 5.30. The number of amides is 1. The number of H-pyrrole nitrogens is 1. The summed E-state index contributed by atoms with van der Waals surface area (Å²) in [6.45, 7) is 2.07. The van der Waals surface area contributed by atoms with Crippen LogP contribution in [0.3, 0.4) is 0 Å². The number of hydrogen-bond donors (Lipinski definition) is 2. The number of carbonyl (C=O) groups is 1. The largest absolute Gasteiger partial charge is 0.381 e. The van der Waals surface area contributed by atoms with E-state index >= 15 is 0 Å². The third kappa shape index (κ3) is 2.90. The Hall–Kier alpha value is -1.36. The average Bonchev–Trinajstić information content (AvgIpc) is 2.90. The van der Waals surface area contributed by atoms with Crippen molar-refractivity contribution < 1.29 is 9.53 Å². The first-order chi connectivity index (χ1) is 8.81. The van der Waals surface area contributed by atoms with Gasteiger partial charge in [0.2, 0.25) is 5.91 Å². The topological polar surface area (TPSA) is 67.0 Å². The Morgan fingerprint density at radius 3 is 3.11 bits per heavy atom. The lowest BCUT2D eigenvalue weighted by Crippen LogP contribution is -2.25. The molecule has 2 fully saturated rings. The van der Waals surface area contributed by atoms with Gasteiger partial charge in [-0.05, 0) is 31.2 Å². The summed E-state index contributed by atoms with van der Waals surface area (Å²) in [5.74, 6) is 1.16. The summed E-state index contributed by atoms with van der Waals surface area (Å²) in [7, 11) is 0. The second kappa shape index (κ2) is 5.10. The van der Waals surface area contributed by atoms with E-state index in [2.05, 4.69) is 21.6 Å². The summed E-state index contributed by atoms with van der Waals surface area (Å²) >= 11 is 0. The van der Waals surface area contributed by atoms with Crippen LogP contribution in [-0.2, 0) is 16.1 Å². The maximum Gasteiger partial charge on any atom is 0.220 e. The molecule has 1 saturated heterocycles. The first-order valence-electron chi connectivity index (χ1n) is 6.70. The normalized spacial score (nSPS) is 23.2. The van der Waals surface area contributed by atoms with Crippen molar-refractivity contribution in [1.82, 2.24) is 15.5 Å². The highest BCUT2D eigenvalue weighted by atomic mass is 16.5. The van der Waals surface area contributed by atoms with Gasteiger partial charge >= 0.3 is 0 Å². The van der Waals surface area contributed by atoms with Crippen LogP contribution in [0.2, 0.25) is 0 Å². The monoisotopic (exact) mass is 249 g/mol. The number of rotatable bonds is 5. The highest BCUT2D eigenvalue weighted by Crippen LogP contribution is 2.38. The molecule has 1 aromatic rings. The predicted octanol–water partition coefficient (Wildman–Crippen LogP) is 1.33. The quantitative estimate of drug-likeness (QED) is 0.827. The Morgan fingerprint density at radius 2 is 2.39 bits per heavy atom. The third-order valence-electron chi connectivity index (χ3n) is 3.62. The van der Waals surface area contributed by atoms with E-state index in [0.29, 0.717) is 24.8 Å². The summed E-state index contributed by atoms with van der Waals surface area (Å²) in [5.41, 5.74) is 2.14. The molecule has 1 aromatic heterocycles. The van der Waals surface area contributed by atoms with E-state index in [1.807, 2.05) is 0 Å². The van der Waals surface area contributed by atoms with Gasteiger partial charge in [-0.25, -0.2) is 0 Å². The van der Waals surface area contributed by atoms with Crippen molar-refractivity contribution in [2.75, 3.05) is 13.2 Å². The molecule has 0 unspecified atom stereocenters. The Balaban J connectivity index is 1.43. The van der Waals surface area contributed by atoms with Crippen molar-refractivity contribution in [3.63, 3.8) is 0 Å². The average molecular weight is 249 g/mol. The molecular weight excluding hydrogens is 230 g/mol. The summed E-state index contributed by atoms with van der Waals surface area (Å²) < 4.78 is 5.26. The summed E-state index contributed by atoms with van der Waals surface area (Å²) in [4.78, 5) is 11.7. The van der Waals surface area contributed by atoms with E-state index < -0.39 is 0 Å². The van der Waals surface area contributed by atoms with Gasteiger partial charge in [-0.2, -0.15) is 5.10 Å². The van der Waals surface area contributed by atoms with Crippen LogP contribution in [0.1, 0.15) is 43.0 Å².